The van der Waals surface area contributed by atoms with Crippen molar-refractivity contribution in [1.29, 1.82) is 0 Å². The largest absolute Gasteiger partial charge is 0.391 e. The van der Waals surface area contributed by atoms with Crippen LogP contribution in [0.3, 0.4) is 0 Å². The molecule has 0 saturated heterocycles. The summed E-state index contributed by atoms with van der Waals surface area (Å²) in [6.45, 7) is 1.72. The number of aromatic nitrogens is 2. The van der Waals surface area contributed by atoms with Crippen molar-refractivity contribution in [3.05, 3.63) is 57.2 Å². The van der Waals surface area contributed by atoms with Crippen molar-refractivity contribution < 1.29 is 13.2 Å². The van der Waals surface area contributed by atoms with Gasteiger partial charge in [0.15, 0.2) is 0 Å². The molecule has 0 radical (unpaired) electrons. The minimum Gasteiger partial charge on any atom is -0.269 e. The number of rotatable bonds is 2. The second kappa shape index (κ2) is 6.83. The van der Waals surface area contributed by atoms with Gasteiger partial charge in [0.05, 0.1) is 11.6 Å². The molecule has 1 aliphatic rings. The highest BCUT2D eigenvalue weighted by Gasteiger charge is 2.42. The van der Waals surface area contributed by atoms with Gasteiger partial charge in [-0.05, 0) is 50.8 Å². The van der Waals surface area contributed by atoms with E-state index >= 15 is 0 Å². The fourth-order valence-corrected chi connectivity index (χ4v) is 3.63. The lowest BCUT2D eigenvalue weighted by Crippen LogP contribution is -2.30. The first kappa shape index (κ1) is 18.0. The Labute approximate surface area is 148 Å². The van der Waals surface area contributed by atoms with Crippen molar-refractivity contribution in [2.45, 2.75) is 44.7 Å². The number of hydrogen-bond donors (Lipinski definition) is 0. The van der Waals surface area contributed by atoms with Crippen molar-refractivity contribution in [3.8, 4) is 5.69 Å². The molecule has 3 nitrogen and oxygen atoms in total. The van der Waals surface area contributed by atoms with Crippen molar-refractivity contribution in [1.82, 2.24) is 9.55 Å². The predicted octanol–water partition coefficient (Wildman–Crippen LogP) is 5.03. The van der Waals surface area contributed by atoms with E-state index in [0.29, 0.717) is 35.1 Å². The molecule has 1 aromatic carbocycles. The molecule has 0 aliphatic heterocycles. The van der Waals surface area contributed by atoms with Crippen molar-refractivity contribution in [3.63, 3.8) is 0 Å². The topological polar surface area (TPSA) is 34.9 Å². The van der Waals surface area contributed by atoms with E-state index in [-0.39, 0.29) is 24.3 Å². The Bertz CT molecular complexity index is 824. The molecule has 1 fully saturated rings. The third-order valence-electron chi connectivity index (χ3n) is 4.69. The first-order valence-electron chi connectivity index (χ1n) is 8.19. The number of benzene rings is 1. The summed E-state index contributed by atoms with van der Waals surface area (Å²) in [5.74, 6) is -0.919. The Kier molecular flexibility index (Phi) is 4.91. The van der Waals surface area contributed by atoms with Crippen LogP contribution < -0.4 is 5.56 Å². The van der Waals surface area contributed by atoms with E-state index in [9.17, 15) is 18.0 Å². The second-order valence-electron chi connectivity index (χ2n) is 6.50. The zero-order valence-corrected chi connectivity index (χ0v) is 14.4. The predicted molar refractivity (Wildman–Crippen MR) is 90.3 cm³/mol. The summed E-state index contributed by atoms with van der Waals surface area (Å²) in [5.41, 5.74) is 0.900. The molecule has 1 aliphatic carbocycles. The van der Waals surface area contributed by atoms with Gasteiger partial charge in [0.25, 0.3) is 5.56 Å². The summed E-state index contributed by atoms with van der Waals surface area (Å²) in [6, 6.07) is 8.26. The average Bonchev–Trinajstić information content (AvgIpc) is 2.53. The third-order valence-corrected chi connectivity index (χ3v) is 4.93. The van der Waals surface area contributed by atoms with E-state index in [4.69, 9.17) is 11.6 Å². The quantitative estimate of drug-likeness (QED) is 0.743. The molecule has 1 heterocycles. The van der Waals surface area contributed by atoms with Crippen LogP contribution in [0.5, 0.6) is 0 Å². The van der Waals surface area contributed by atoms with Gasteiger partial charge in [0.2, 0.25) is 0 Å². The van der Waals surface area contributed by atoms with Gasteiger partial charge in [-0.2, -0.15) is 13.2 Å². The molecule has 7 heteroatoms. The Hall–Kier alpha value is -1.82. The molecule has 134 valence electrons. The standard InChI is InChI=1S/C18H18ClF3N2O/c1-11-9-16(25)24(15-4-2-3-14(19)10-15)17(23-11)12-5-7-13(8-6-12)18(20,21)22/h2-4,9-10,12-13H,5-8H2,1H3/t12-,13+. The van der Waals surface area contributed by atoms with E-state index in [1.807, 2.05) is 0 Å². The summed E-state index contributed by atoms with van der Waals surface area (Å²) in [7, 11) is 0. The highest BCUT2D eigenvalue weighted by Crippen LogP contribution is 2.42. The molecular formula is C18H18ClF3N2O. The Morgan fingerprint density at radius 2 is 1.84 bits per heavy atom. The Morgan fingerprint density at radius 3 is 2.44 bits per heavy atom. The summed E-state index contributed by atoms with van der Waals surface area (Å²) < 4.78 is 40.2. The normalized spacial score (nSPS) is 21.3. The van der Waals surface area contributed by atoms with E-state index in [1.165, 1.54) is 10.6 Å². The molecule has 0 N–H and O–H groups in total. The van der Waals surface area contributed by atoms with E-state index < -0.39 is 12.1 Å². The highest BCUT2D eigenvalue weighted by atomic mass is 35.5. The van der Waals surface area contributed by atoms with Crippen LogP contribution in [0.15, 0.2) is 35.1 Å². The van der Waals surface area contributed by atoms with Crippen molar-refractivity contribution >= 4 is 11.6 Å². The minimum atomic E-state index is -4.16. The maximum atomic E-state index is 12.9. The van der Waals surface area contributed by atoms with Gasteiger partial charge >= 0.3 is 6.18 Å². The maximum absolute atomic E-state index is 12.9. The van der Waals surface area contributed by atoms with E-state index in [0.717, 1.165) is 0 Å². The first-order valence-corrected chi connectivity index (χ1v) is 8.57. The summed E-state index contributed by atoms with van der Waals surface area (Å²) in [5, 5.41) is 0.483. The van der Waals surface area contributed by atoms with Crippen LogP contribution in [0.2, 0.25) is 5.02 Å². The second-order valence-corrected chi connectivity index (χ2v) is 6.94. The van der Waals surface area contributed by atoms with Gasteiger partial charge in [0, 0.05) is 22.7 Å². The van der Waals surface area contributed by atoms with Crippen LogP contribution in [0, 0.1) is 12.8 Å². The lowest BCUT2D eigenvalue weighted by Gasteiger charge is -2.30. The van der Waals surface area contributed by atoms with Crippen LogP contribution in [0.4, 0.5) is 13.2 Å². The van der Waals surface area contributed by atoms with Gasteiger partial charge in [-0.15, -0.1) is 0 Å². The van der Waals surface area contributed by atoms with Gasteiger partial charge < -0.3 is 0 Å². The molecule has 2 aromatic rings. The fraction of sp³-hybridized carbons (Fsp3) is 0.444. The van der Waals surface area contributed by atoms with Crippen molar-refractivity contribution in [2.75, 3.05) is 0 Å². The first-order chi connectivity index (χ1) is 11.8. The van der Waals surface area contributed by atoms with Crippen LogP contribution in [-0.4, -0.2) is 15.7 Å². The molecule has 25 heavy (non-hydrogen) atoms. The van der Waals surface area contributed by atoms with E-state index in [1.54, 1.807) is 31.2 Å². The minimum absolute atomic E-state index is 0.0630. The Morgan fingerprint density at radius 1 is 1.16 bits per heavy atom. The monoisotopic (exact) mass is 370 g/mol. The summed E-state index contributed by atoms with van der Waals surface area (Å²) >= 11 is 6.02. The van der Waals surface area contributed by atoms with Gasteiger partial charge in [0.1, 0.15) is 5.82 Å². The van der Waals surface area contributed by atoms with Gasteiger partial charge in [-0.1, -0.05) is 17.7 Å². The maximum Gasteiger partial charge on any atom is 0.391 e. The van der Waals surface area contributed by atoms with Crippen LogP contribution >= 0.6 is 11.6 Å². The summed E-state index contributed by atoms with van der Waals surface area (Å²) in [4.78, 5) is 17.0. The van der Waals surface area contributed by atoms with Crippen LogP contribution in [0.1, 0.15) is 43.1 Å². The zero-order chi connectivity index (χ0) is 18.2. The van der Waals surface area contributed by atoms with Gasteiger partial charge in [-0.3, -0.25) is 9.36 Å². The number of alkyl halides is 3. The molecule has 1 saturated carbocycles. The Balaban J connectivity index is 1.98. The zero-order valence-electron chi connectivity index (χ0n) is 13.7. The van der Waals surface area contributed by atoms with Crippen molar-refractivity contribution in [2.24, 2.45) is 5.92 Å². The lowest BCUT2D eigenvalue weighted by atomic mass is 9.81. The number of aryl methyl sites for hydroxylation is 1. The smallest absolute Gasteiger partial charge is 0.269 e. The molecular weight excluding hydrogens is 353 g/mol. The number of nitrogens with zero attached hydrogens (tertiary/aromatic N) is 2. The number of halogens is 4. The van der Waals surface area contributed by atoms with E-state index in [2.05, 4.69) is 4.98 Å². The molecule has 0 amide bonds. The third kappa shape index (κ3) is 3.89. The summed E-state index contributed by atoms with van der Waals surface area (Å²) in [6.07, 6.45) is -3.31. The molecule has 0 atom stereocenters. The molecule has 0 spiro atoms. The molecule has 1 aromatic heterocycles. The highest BCUT2D eigenvalue weighted by molar-refractivity contribution is 6.30. The fourth-order valence-electron chi connectivity index (χ4n) is 3.45. The molecule has 0 unspecified atom stereocenters. The number of hydrogen-bond acceptors (Lipinski definition) is 2. The van der Waals surface area contributed by atoms with Gasteiger partial charge in [-0.25, -0.2) is 4.98 Å². The van der Waals surface area contributed by atoms with Crippen LogP contribution in [0.25, 0.3) is 5.69 Å². The average molecular weight is 371 g/mol. The molecule has 0 bridgehead atoms. The lowest BCUT2D eigenvalue weighted by molar-refractivity contribution is -0.182. The van der Waals surface area contributed by atoms with Crippen LogP contribution in [-0.2, 0) is 0 Å². The molecule has 3 rings (SSSR count). The SMILES string of the molecule is Cc1cc(=O)n(-c2cccc(Cl)c2)c([C@H]2CC[C@@H](C(F)(F)F)CC2)n1.